The number of β-amino-alcohol motifs (C(OH)–C–C–N with tert-alkyl or cyclic N) is 1. The van der Waals surface area contributed by atoms with Gasteiger partial charge in [-0.15, -0.1) is 0 Å². The Morgan fingerprint density at radius 3 is 2.43 bits per heavy atom. The van der Waals surface area contributed by atoms with Gasteiger partial charge in [-0.05, 0) is 42.5 Å². The summed E-state index contributed by atoms with van der Waals surface area (Å²) in [7, 11) is -3.51. The molecule has 9 heteroatoms. The second-order valence-electron chi connectivity index (χ2n) is 6.58. The number of hydrogen-bond donors (Lipinski definition) is 1. The molecule has 3 rings (SSSR count). The Hall–Kier alpha value is -1.16. The molecule has 0 spiro atoms. The summed E-state index contributed by atoms with van der Waals surface area (Å²) in [6.07, 6.45) is -0.663. The molecule has 0 aliphatic carbocycles. The highest BCUT2D eigenvalue weighted by atomic mass is 79.9. The predicted molar refractivity (Wildman–Crippen MR) is 112 cm³/mol. The van der Waals surface area contributed by atoms with E-state index in [1.165, 1.54) is 4.31 Å². The van der Waals surface area contributed by atoms with Crippen molar-refractivity contribution < 1.29 is 18.3 Å². The Morgan fingerprint density at radius 1 is 1.11 bits per heavy atom. The van der Waals surface area contributed by atoms with Gasteiger partial charge in [0.25, 0.3) is 0 Å². The SMILES string of the molecule is O=S(=O)(c1cccc(Br)c1)N1CCN(CC(O)COc2ccc(Cl)cc2)CC1. The van der Waals surface area contributed by atoms with E-state index in [-0.39, 0.29) is 11.5 Å². The number of ether oxygens (including phenoxy) is 1. The fourth-order valence-corrected chi connectivity index (χ4v) is 5.15. The molecule has 0 amide bonds. The first-order valence-corrected chi connectivity index (χ1v) is 11.5. The predicted octanol–water partition coefficient (Wildman–Crippen LogP) is 2.85. The zero-order valence-electron chi connectivity index (χ0n) is 15.2. The molecule has 28 heavy (non-hydrogen) atoms. The van der Waals surface area contributed by atoms with Crippen LogP contribution < -0.4 is 4.74 Å². The van der Waals surface area contributed by atoms with Crippen molar-refractivity contribution in [1.82, 2.24) is 9.21 Å². The molecular weight excluding hydrogens is 468 g/mol. The first kappa shape index (κ1) is 21.5. The van der Waals surface area contributed by atoms with Crippen molar-refractivity contribution in [2.24, 2.45) is 0 Å². The van der Waals surface area contributed by atoms with E-state index in [9.17, 15) is 13.5 Å². The maximum atomic E-state index is 12.8. The zero-order valence-corrected chi connectivity index (χ0v) is 18.3. The van der Waals surface area contributed by atoms with Gasteiger partial charge in [0.2, 0.25) is 10.0 Å². The number of nitrogens with zero attached hydrogens (tertiary/aromatic N) is 2. The summed E-state index contributed by atoms with van der Waals surface area (Å²) >= 11 is 9.15. The van der Waals surface area contributed by atoms with Gasteiger partial charge in [0, 0.05) is 42.2 Å². The summed E-state index contributed by atoms with van der Waals surface area (Å²) in [4.78, 5) is 2.33. The van der Waals surface area contributed by atoms with Crippen LogP contribution in [0.2, 0.25) is 5.02 Å². The maximum absolute atomic E-state index is 12.8. The quantitative estimate of drug-likeness (QED) is 0.648. The summed E-state index contributed by atoms with van der Waals surface area (Å²) < 4.78 is 33.3. The van der Waals surface area contributed by atoms with E-state index in [1.807, 2.05) is 4.90 Å². The summed E-state index contributed by atoms with van der Waals surface area (Å²) in [6.45, 7) is 2.49. The van der Waals surface area contributed by atoms with Gasteiger partial charge in [-0.25, -0.2) is 8.42 Å². The van der Waals surface area contributed by atoms with Crippen molar-refractivity contribution in [3.05, 3.63) is 58.0 Å². The molecule has 0 saturated carbocycles. The fraction of sp³-hybridized carbons (Fsp3) is 0.368. The van der Waals surface area contributed by atoms with Crippen LogP contribution in [-0.4, -0.2) is 68.2 Å². The molecule has 152 valence electrons. The average molecular weight is 490 g/mol. The van der Waals surface area contributed by atoms with E-state index < -0.39 is 16.1 Å². The van der Waals surface area contributed by atoms with Crippen molar-refractivity contribution in [2.75, 3.05) is 39.3 Å². The van der Waals surface area contributed by atoms with Crippen LogP contribution in [0.4, 0.5) is 0 Å². The molecule has 1 unspecified atom stereocenters. The van der Waals surface area contributed by atoms with Crippen molar-refractivity contribution in [3.8, 4) is 5.75 Å². The molecule has 0 aromatic heterocycles. The van der Waals surface area contributed by atoms with E-state index in [4.69, 9.17) is 16.3 Å². The Balaban J connectivity index is 1.47. The third-order valence-corrected chi connectivity index (χ3v) is 7.13. The minimum Gasteiger partial charge on any atom is -0.491 e. The first-order chi connectivity index (χ1) is 13.3. The van der Waals surface area contributed by atoms with Crippen LogP contribution in [0.3, 0.4) is 0 Å². The van der Waals surface area contributed by atoms with Crippen molar-refractivity contribution in [1.29, 1.82) is 0 Å². The van der Waals surface area contributed by atoms with Crippen LogP contribution in [-0.2, 0) is 10.0 Å². The number of aliphatic hydroxyl groups is 1. The van der Waals surface area contributed by atoms with Gasteiger partial charge >= 0.3 is 0 Å². The molecule has 1 atom stereocenters. The fourth-order valence-electron chi connectivity index (χ4n) is 3.00. The van der Waals surface area contributed by atoms with E-state index >= 15 is 0 Å². The molecule has 1 fully saturated rings. The number of rotatable bonds is 7. The highest BCUT2D eigenvalue weighted by Gasteiger charge is 2.29. The minimum atomic E-state index is -3.51. The Kier molecular flexibility index (Phi) is 7.36. The molecule has 0 bridgehead atoms. The van der Waals surface area contributed by atoms with Gasteiger partial charge in [0.05, 0.1) is 4.90 Å². The van der Waals surface area contributed by atoms with Crippen LogP contribution in [0.15, 0.2) is 57.9 Å². The molecule has 0 radical (unpaired) electrons. The number of benzene rings is 2. The highest BCUT2D eigenvalue weighted by molar-refractivity contribution is 9.10. The van der Waals surface area contributed by atoms with E-state index in [0.29, 0.717) is 43.5 Å². The summed E-state index contributed by atoms with van der Waals surface area (Å²) in [5.41, 5.74) is 0. The van der Waals surface area contributed by atoms with Crippen LogP contribution in [0, 0.1) is 0 Å². The lowest BCUT2D eigenvalue weighted by atomic mass is 10.3. The minimum absolute atomic E-state index is 0.165. The molecule has 1 N–H and O–H groups in total. The lowest BCUT2D eigenvalue weighted by Crippen LogP contribution is -2.50. The zero-order chi connectivity index (χ0) is 20.1. The van der Waals surface area contributed by atoms with Gasteiger partial charge in [0.1, 0.15) is 18.5 Å². The summed E-state index contributed by atoms with van der Waals surface area (Å²) in [6, 6.07) is 13.7. The van der Waals surface area contributed by atoms with Crippen LogP contribution in [0.1, 0.15) is 0 Å². The van der Waals surface area contributed by atoms with Gasteiger partial charge in [-0.3, -0.25) is 4.90 Å². The van der Waals surface area contributed by atoms with E-state index in [1.54, 1.807) is 48.5 Å². The van der Waals surface area contributed by atoms with Crippen LogP contribution in [0.25, 0.3) is 0 Å². The third-order valence-electron chi connectivity index (χ3n) is 4.49. The second kappa shape index (κ2) is 9.56. The molecule has 2 aromatic rings. The van der Waals surface area contributed by atoms with Gasteiger partial charge < -0.3 is 9.84 Å². The monoisotopic (exact) mass is 488 g/mol. The number of hydrogen-bond acceptors (Lipinski definition) is 5. The summed E-state index contributed by atoms with van der Waals surface area (Å²) in [5, 5.41) is 10.9. The average Bonchev–Trinajstić information content (AvgIpc) is 2.68. The van der Waals surface area contributed by atoms with Crippen LogP contribution in [0.5, 0.6) is 5.75 Å². The largest absolute Gasteiger partial charge is 0.491 e. The third kappa shape index (κ3) is 5.68. The standard InChI is InChI=1S/C19H22BrClN2O4S/c20-15-2-1-3-19(12-15)28(25,26)23-10-8-22(9-11-23)13-17(24)14-27-18-6-4-16(21)5-7-18/h1-7,12,17,24H,8-11,13-14H2. The van der Waals surface area contributed by atoms with Crippen molar-refractivity contribution >= 4 is 37.6 Å². The lowest BCUT2D eigenvalue weighted by molar-refractivity contribution is 0.0569. The molecule has 1 aliphatic rings. The topological polar surface area (TPSA) is 70.1 Å². The molecule has 1 aliphatic heterocycles. The smallest absolute Gasteiger partial charge is 0.243 e. The Morgan fingerprint density at radius 2 is 1.79 bits per heavy atom. The molecule has 2 aromatic carbocycles. The maximum Gasteiger partial charge on any atom is 0.243 e. The van der Waals surface area contributed by atoms with Crippen LogP contribution >= 0.6 is 27.5 Å². The molecule has 6 nitrogen and oxygen atoms in total. The normalized spacial score (nSPS) is 17.4. The Labute approximate surface area is 178 Å². The molecular formula is C19H22BrClN2O4S. The van der Waals surface area contributed by atoms with Crippen molar-refractivity contribution in [2.45, 2.75) is 11.0 Å². The highest BCUT2D eigenvalue weighted by Crippen LogP contribution is 2.21. The van der Waals surface area contributed by atoms with Crippen molar-refractivity contribution in [3.63, 3.8) is 0 Å². The Bertz CT molecular complexity index is 887. The first-order valence-electron chi connectivity index (χ1n) is 8.89. The van der Waals surface area contributed by atoms with E-state index in [2.05, 4.69) is 15.9 Å². The summed E-state index contributed by atoms with van der Waals surface area (Å²) in [5.74, 6) is 0.647. The number of piperazine rings is 1. The lowest BCUT2D eigenvalue weighted by Gasteiger charge is -2.34. The number of halogens is 2. The van der Waals surface area contributed by atoms with E-state index in [0.717, 1.165) is 4.47 Å². The second-order valence-corrected chi connectivity index (χ2v) is 9.87. The van der Waals surface area contributed by atoms with Gasteiger partial charge in [0.15, 0.2) is 0 Å². The van der Waals surface area contributed by atoms with Gasteiger partial charge in [-0.1, -0.05) is 33.6 Å². The molecule has 1 heterocycles. The number of aliphatic hydroxyl groups excluding tert-OH is 1. The number of sulfonamides is 1. The van der Waals surface area contributed by atoms with Gasteiger partial charge in [-0.2, -0.15) is 4.31 Å². The molecule has 1 saturated heterocycles.